The van der Waals surface area contributed by atoms with Crippen molar-refractivity contribution in [3.63, 3.8) is 0 Å². The number of hydrogen-bond acceptors (Lipinski definition) is 4. The summed E-state index contributed by atoms with van der Waals surface area (Å²) >= 11 is 1.52. The number of carbonyl (C=O) groups excluding carboxylic acids is 1. The van der Waals surface area contributed by atoms with Gasteiger partial charge in [0.25, 0.3) is 0 Å². The summed E-state index contributed by atoms with van der Waals surface area (Å²) in [6, 6.07) is 1.36. The van der Waals surface area contributed by atoms with E-state index in [1.165, 1.54) is 11.3 Å². The second-order valence-electron chi connectivity index (χ2n) is 3.05. The van der Waals surface area contributed by atoms with Crippen LogP contribution in [0, 0.1) is 0 Å². The van der Waals surface area contributed by atoms with Gasteiger partial charge in [0, 0.05) is 6.54 Å². The minimum absolute atomic E-state index is 0.315. The number of carboxylic acid groups (broad SMARTS) is 1. The van der Waals surface area contributed by atoms with Gasteiger partial charge >= 0.3 is 12.0 Å². The topological polar surface area (TPSA) is 98.7 Å². The quantitative estimate of drug-likeness (QED) is 0.585. The molecule has 1 atom stereocenters. The van der Waals surface area contributed by atoms with Crippen LogP contribution in [0.5, 0.6) is 0 Å². The van der Waals surface area contributed by atoms with E-state index in [0.29, 0.717) is 6.54 Å². The van der Waals surface area contributed by atoms with E-state index in [2.05, 4.69) is 10.6 Å². The van der Waals surface area contributed by atoms with E-state index in [0.717, 1.165) is 5.56 Å². The van der Waals surface area contributed by atoms with Gasteiger partial charge in [-0.25, -0.2) is 9.59 Å². The van der Waals surface area contributed by atoms with Crippen molar-refractivity contribution in [1.82, 2.24) is 10.6 Å². The lowest BCUT2D eigenvalue weighted by atomic mass is 10.3. The highest BCUT2D eigenvalue weighted by Gasteiger charge is 2.13. The van der Waals surface area contributed by atoms with E-state index in [-0.39, 0.29) is 6.54 Å². The Morgan fingerprint density at radius 1 is 1.44 bits per heavy atom. The molecule has 0 saturated heterocycles. The Kier molecular flexibility index (Phi) is 4.74. The largest absolute Gasteiger partial charge is 0.479 e. The Morgan fingerprint density at radius 2 is 2.19 bits per heavy atom. The summed E-state index contributed by atoms with van der Waals surface area (Å²) in [5.41, 5.74) is 0.971. The summed E-state index contributed by atoms with van der Waals surface area (Å²) in [6.45, 7) is 0.0588. The summed E-state index contributed by atoms with van der Waals surface area (Å²) in [7, 11) is 0. The van der Waals surface area contributed by atoms with Gasteiger partial charge in [-0.2, -0.15) is 11.3 Å². The average molecular weight is 244 g/mol. The van der Waals surface area contributed by atoms with Gasteiger partial charge in [0.2, 0.25) is 0 Å². The predicted octanol–water partition coefficient (Wildman–Crippen LogP) is -0.00720. The first-order valence-corrected chi connectivity index (χ1v) is 5.47. The van der Waals surface area contributed by atoms with Crippen molar-refractivity contribution in [2.45, 2.75) is 12.6 Å². The monoisotopic (exact) mass is 244 g/mol. The molecular weight excluding hydrogens is 232 g/mol. The third-order valence-electron chi connectivity index (χ3n) is 1.77. The molecule has 1 heterocycles. The summed E-state index contributed by atoms with van der Waals surface area (Å²) < 4.78 is 0. The minimum atomic E-state index is -1.58. The van der Waals surface area contributed by atoms with Crippen LogP contribution in [0.3, 0.4) is 0 Å². The average Bonchev–Trinajstić information content (AvgIpc) is 2.75. The number of aliphatic hydroxyl groups is 1. The number of carbonyl (C=O) groups is 2. The van der Waals surface area contributed by atoms with Crippen molar-refractivity contribution < 1.29 is 19.8 Å². The molecule has 88 valence electrons. The number of hydrogen-bond donors (Lipinski definition) is 4. The highest BCUT2D eigenvalue weighted by Crippen LogP contribution is 2.04. The van der Waals surface area contributed by atoms with Crippen molar-refractivity contribution in [1.29, 1.82) is 0 Å². The maximum absolute atomic E-state index is 11.1. The summed E-state index contributed by atoms with van der Waals surface area (Å²) in [5, 5.41) is 25.8. The minimum Gasteiger partial charge on any atom is -0.479 e. The zero-order valence-electron chi connectivity index (χ0n) is 8.34. The normalized spacial score (nSPS) is 11.8. The van der Waals surface area contributed by atoms with Crippen LogP contribution in [-0.2, 0) is 11.3 Å². The van der Waals surface area contributed by atoms with Gasteiger partial charge in [0.05, 0.1) is 6.54 Å². The highest BCUT2D eigenvalue weighted by atomic mass is 32.1. The fourth-order valence-corrected chi connectivity index (χ4v) is 1.58. The van der Waals surface area contributed by atoms with E-state index < -0.39 is 18.1 Å². The Balaban J connectivity index is 2.19. The lowest BCUT2D eigenvalue weighted by Gasteiger charge is -2.08. The van der Waals surface area contributed by atoms with Crippen LogP contribution < -0.4 is 10.6 Å². The molecule has 4 N–H and O–H groups in total. The van der Waals surface area contributed by atoms with Crippen molar-refractivity contribution >= 4 is 23.3 Å². The van der Waals surface area contributed by atoms with Crippen LogP contribution in [0.2, 0.25) is 0 Å². The molecule has 0 aromatic carbocycles. The number of aliphatic hydroxyl groups excluding tert-OH is 1. The lowest BCUT2D eigenvalue weighted by Crippen LogP contribution is -2.41. The van der Waals surface area contributed by atoms with Gasteiger partial charge < -0.3 is 20.8 Å². The molecule has 0 aliphatic carbocycles. The number of thiophene rings is 1. The standard InChI is InChI=1S/C9H12N2O4S/c12-7(8(13)14)4-11-9(15)10-3-6-1-2-16-5-6/h1-2,5,7,12H,3-4H2,(H,13,14)(H2,10,11,15)/t7-/m0/s1. The van der Waals surface area contributed by atoms with Crippen LogP contribution in [0.25, 0.3) is 0 Å². The molecule has 0 aliphatic rings. The molecule has 1 rings (SSSR count). The summed E-state index contributed by atoms with van der Waals surface area (Å²) in [4.78, 5) is 21.4. The molecule has 0 bridgehead atoms. The first kappa shape index (κ1) is 12.5. The lowest BCUT2D eigenvalue weighted by molar-refractivity contribution is -0.146. The van der Waals surface area contributed by atoms with E-state index in [1.807, 2.05) is 16.8 Å². The molecule has 1 aromatic heterocycles. The van der Waals surface area contributed by atoms with Gasteiger partial charge in [0.1, 0.15) is 0 Å². The van der Waals surface area contributed by atoms with Crippen molar-refractivity contribution in [2.24, 2.45) is 0 Å². The number of aliphatic carboxylic acids is 1. The van der Waals surface area contributed by atoms with Crippen molar-refractivity contribution in [2.75, 3.05) is 6.54 Å². The van der Waals surface area contributed by atoms with Crippen molar-refractivity contribution in [3.05, 3.63) is 22.4 Å². The molecule has 0 radical (unpaired) electrons. The summed E-state index contributed by atoms with van der Waals surface area (Å²) in [5.74, 6) is -1.36. The van der Waals surface area contributed by atoms with Crippen LogP contribution in [-0.4, -0.2) is 34.9 Å². The number of nitrogens with one attached hydrogen (secondary N) is 2. The van der Waals surface area contributed by atoms with Crippen LogP contribution in [0.4, 0.5) is 4.79 Å². The Morgan fingerprint density at radius 3 is 2.75 bits per heavy atom. The zero-order valence-corrected chi connectivity index (χ0v) is 9.16. The number of rotatable bonds is 5. The fraction of sp³-hybridized carbons (Fsp3) is 0.333. The molecule has 0 spiro atoms. The molecule has 16 heavy (non-hydrogen) atoms. The Bertz CT molecular complexity index is 352. The van der Waals surface area contributed by atoms with Gasteiger partial charge in [-0.3, -0.25) is 0 Å². The number of amides is 2. The van der Waals surface area contributed by atoms with Gasteiger partial charge in [0.15, 0.2) is 6.10 Å². The van der Waals surface area contributed by atoms with Gasteiger partial charge in [-0.1, -0.05) is 0 Å². The Labute approximate surface area is 95.9 Å². The molecule has 0 unspecified atom stereocenters. The predicted molar refractivity (Wildman–Crippen MR) is 58.2 cm³/mol. The Hall–Kier alpha value is -1.60. The van der Waals surface area contributed by atoms with Crippen molar-refractivity contribution in [3.8, 4) is 0 Å². The van der Waals surface area contributed by atoms with Gasteiger partial charge in [-0.05, 0) is 22.4 Å². The molecule has 1 aromatic rings. The van der Waals surface area contributed by atoms with Crippen LogP contribution in [0.15, 0.2) is 16.8 Å². The molecule has 2 amide bonds. The van der Waals surface area contributed by atoms with Crippen LogP contribution >= 0.6 is 11.3 Å². The molecule has 6 nitrogen and oxygen atoms in total. The van der Waals surface area contributed by atoms with E-state index in [1.54, 1.807) is 0 Å². The highest BCUT2D eigenvalue weighted by molar-refractivity contribution is 7.07. The third kappa shape index (κ3) is 4.28. The molecular formula is C9H12N2O4S. The zero-order chi connectivity index (χ0) is 12.0. The fourth-order valence-electron chi connectivity index (χ4n) is 0.915. The molecule has 0 aliphatic heterocycles. The van der Waals surface area contributed by atoms with Crippen LogP contribution in [0.1, 0.15) is 5.56 Å². The van der Waals surface area contributed by atoms with E-state index in [4.69, 9.17) is 10.2 Å². The molecule has 0 saturated carbocycles. The molecule has 0 fully saturated rings. The second kappa shape index (κ2) is 6.09. The first-order chi connectivity index (χ1) is 7.59. The maximum Gasteiger partial charge on any atom is 0.334 e. The third-order valence-corrected chi connectivity index (χ3v) is 2.51. The second-order valence-corrected chi connectivity index (χ2v) is 3.83. The van der Waals surface area contributed by atoms with E-state index in [9.17, 15) is 9.59 Å². The first-order valence-electron chi connectivity index (χ1n) is 4.53. The maximum atomic E-state index is 11.1. The van der Waals surface area contributed by atoms with Gasteiger partial charge in [-0.15, -0.1) is 0 Å². The number of carboxylic acids is 1. The number of urea groups is 1. The smallest absolute Gasteiger partial charge is 0.334 e. The summed E-state index contributed by atoms with van der Waals surface area (Å²) in [6.07, 6.45) is -1.58. The SMILES string of the molecule is O=C(NCc1ccsc1)NC[C@H](O)C(=O)O. The van der Waals surface area contributed by atoms with E-state index >= 15 is 0 Å². The molecule has 7 heteroatoms.